The highest BCUT2D eigenvalue weighted by Crippen LogP contribution is 2.35. The van der Waals surface area contributed by atoms with Crippen LogP contribution in [0.15, 0.2) is 72.8 Å². The van der Waals surface area contributed by atoms with Gasteiger partial charge in [0.25, 0.3) is 0 Å². The zero-order valence-electron chi connectivity index (χ0n) is 17.0. The minimum absolute atomic E-state index is 0.0207. The van der Waals surface area contributed by atoms with E-state index in [2.05, 4.69) is 10.2 Å². The van der Waals surface area contributed by atoms with E-state index in [9.17, 15) is 9.18 Å². The molecule has 154 valence electrons. The zero-order chi connectivity index (χ0) is 20.9. The largest absolute Gasteiger partial charge is 0.489 e. The van der Waals surface area contributed by atoms with E-state index in [-0.39, 0.29) is 17.8 Å². The van der Waals surface area contributed by atoms with Crippen LogP contribution in [0.25, 0.3) is 0 Å². The maximum absolute atomic E-state index is 13.3. The molecule has 4 rings (SSSR count). The quantitative estimate of drug-likeness (QED) is 0.652. The van der Waals surface area contributed by atoms with Gasteiger partial charge in [0.05, 0.1) is 18.2 Å². The number of amides is 1. The lowest BCUT2D eigenvalue weighted by atomic mass is 10.1. The Morgan fingerprint density at radius 3 is 2.50 bits per heavy atom. The first kappa shape index (κ1) is 20.0. The Bertz CT molecular complexity index is 1000. The number of carbonyl (C=O) groups excluding carboxylic acids is 1. The van der Waals surface area contributed by atoms with Crippen LogP contribution in [0, 0.1) is 12.7 Å². The van der Waals surface area contributed by atoms with Gasteiger partial charge in [-0.25, -0.2) is 4.39 Å². The molecule has 0 bridgehead atoms. The Hall–Kier alpha value is -3.34. The maximum Gasteiger partial charge on any atom is 0.222 e. The van der Waals surface area contributed by atoms with E-state index in [1.165, 1.54) is 17.7 Å². The molecule has 0 radical (unpaired) electrons. The Morgan fingerprint density at radius 2 is 1.73 bits per heavy atom. The predicted molar refractivity (Wildman–Crippen MR) is 116 cm³/mol. The third-order valence-corrected chi connectivity index (χ3v) is 5.34. The molecule has 1 atom stereocenters. The number of anilines is 1. The summed E-state index contributed by atoms with van der Waals surface area (Å²) in [5.41, 5.74) is 4.20. The summed E-state index contributed by atoms with van der Waals surface area (Å²) in [5.74, 6) is 0.525. The zero-order valence-corrected chi connectivity index (χ0v) is 17.0. The van der Waals surface area contributed by atoms with Gasteiger partial charge in [-0.05, 0) is 42.3 Å². The lowest BCUT2D eigenvalue weighted by Gasteiger charge is -2.38. The van der Waals surface area contributed by atoms with Crippen LogP contribution in [0.1, 0.15) is 23.1 Å². The van der Waals surface area contributed by atoms with E-state index in [4.69, 9.17) is 4.74 Å². The van der Waals surface area contributed by atoms with Gasteiger partial charge in [0.15, 0.2) is 0 Å². The van der Waals surface area contributed by atoms with E-state index >= 15 is 0 Å². The molecule has 0 saturated heterocycles. The average Bonchev–Trinajstić information content (AvgIpc) is 2.76. The van der Waals surface area contributed by atoms with E-state index < -0.39 is 0 Å². The number of aryl methyl sites for hydroxylation is 1. The van der Waals surface area contributed by atoms with Gasteiger partial charge in [-0.2, -0.15) is 0 Å². The van der Waals surface area contributed by atoms with Gasteiger partial charge in [0, 0.05) is 13.1 Å². The number of nitrogens with zero attached hydrogens (tertiary/aromatic N) is 1. The minimum atomic E-state index is -0.256. The second-order valence-electron chi connectivity index (χ2n) is 7.65. The third kappa shape index (κ3) is 4.79. The van der Waals surface area contributed by atoms with Crippen LogP contribution in [-0.4, -0.2) is 18.6 Å². The molecule has 0 saturated carbocycles. The molecule has 5 heteroatoms. The number of rotatable bonds is 6. The van der Waals surface area contributed by atoms with Gasteiger partial charge in [0.2, 0.25) is 5.91 Å². The Labute approximate surface area is 176 Å². The van der Waals surface area contributed by atoms with E-state index in [0.29, 0.717) is 26.1 Å². The van der Waals surface area contributed by atoms with Gasteiger partial charge in [0.1, 0.15) is 18.2 Å². The Morgan fingerprint density at radius 1 is 1.03 bits per heavy atom. The van der Waals surface area contributed by atoms with Crippen LogP contribution in [0.4, 0.5) is 10.1 Å². The third-order valence-electron chi connectivity index (χ3n) is 5.34. The van der Waals surface area contributed by atoms with E-state index in [1.807, 2.05) is 55.5 Å². The molecular weight excluding hydrogens is 379 g/mol. The molecule has 0 spiro atoms. The molecule has 1 unspecified atom stereocenters. The van der Waals surface area contributed by atoms with Crippen molar-refractivity contribution < 1.29 is 13.9 Å². The van der Waals surface area contributed by atoms with Crippen molar-refractivity contribution in [2.75, 3.05) is 11.5 Å². The molecular formula is C25H25FN2O2. The number of hydrogen-bond acceptors (Lipinski definition) is 3. The van der Waals surface area contributed by atoms with Crippen molar-refractivity contribution in [1.82, 2.24) is 5.32 Å². The van der Waals surface area contributed by atoms with Crippen molar-refractivity contribution in [2.24, 2.45) is 0 Å². The minimum Gasteiger partial charge on any atom is -0.489 e. The van der Waals surface area contributed by atoms with Crippen LogP contribution >= 0.6 is 0 Å². The van der Waals surface area contributed by atoms with Crippen molar-refractivity contribution >= 4 is 11.6 Å². The first-order chi connectivity index (χ1) is 14.6. The summed E-state index contributed by atoms with van der Waals surface area (Å²) >= 11 is 0. The molecule has 1 amide bonds. The Balaban J connectivity index is 1.46. The number of halogens is 1. The molecule has 1 aliphatic heterocycles. The summed E-state index contributed by atoms with van der Waals surface area (Å²) < 4.78 is 19.2. The molecule has 30 heavy (non-hydrogen) atoms. The highest BCUT2D eigenvalue weighted by atomic mass is 19.1. The van der Waals surface area contributed by atoms with Crippen molar-refractivity contribution in [3.05, 3.63) is 95.3 Å². The molecule has 1 N–H and O–H groups in total. The normalized spacial score (nSPS) is 15.3. The number of carbonyl (C=O) groups is 1. The fourth-order valence-corrected chi connectivity index (χ4v) is 3.65. The topological polar surface area (TPSA) is 41.6 Å². The molecule has 1 aliphatic rings. The fraction of sp³-hybridized carbons (Fsp3) is 0.240. The number of fused-ring (bicyclic) bond motifs is 1. The fourth-order valence-electron chi connectivity index (χ4n) is 3.65. The standard InChI is InChI=1S/C25H25FN2O2/c1-18-6-8-19(9-7-18)15-27-25(29)14-22-17-30-24-5-3-2-4-23(24)28(22)16-20-10-12-21(26)13-11-20/h2-13,22H,14-17H2,1H3,(H,27,29). The average molecular weight is 404 g/mol. The first-order valence-electron chi connectivity index (χ1n) is 10.1. The molecule has 1 heterocycles. The van der Waals surface area contributed by atoms with Crippen LogP contribution in [0.5, 0.6) is 5.75 Å². The summed E-state index contributed by atoms with van der Waals surface area (Å²) in [6, 6.07) is 22.3. The highest BCUT2D eigenvalue weighted by Gasteiger charge is 2.29. The van der Waals surface area contributed by atoms with Gasteiger partial charge in [-0.3, -0.25) is 4.79 Å². The second-order valence-corrected chi connectivity index (χ2v) is 7.65. The second kappa shape index (κ2) is 8.99. The smallest absolute Gasteiger partial charge is 0.222 e. The monoisotopic (exact) mass is 404 g/mol. The summed E-state index contributed by atoms with van der Waals surface area (Å²) in [4.78, 5) is 14.8. The van der Waals surface area contributed by atoms with Crippen LogP contribution in [0.2, 0.25) is 0 Å². The number of para-hydroxylation sites is 2. The number of hydrogen-bond donors (Lipinski definition) is 1. The SMILES string of the molecule is Cc1ccc(CNC(=O)CC2COc3ccccc3N2Cc2ccc(F)cc2)cc1. The van der Waals surface area contributed by atoms with Crippen molar-refractivity contribution in [3.8, 4) is 5.75 Å². The molecule has 0 fully saturated rings. The molecule has 3 aromatic rings. The van der Waals surface area contributed by atoms with Crippen molar-refractivity contribution in [1.29, 1.82) is 0 Å². The van der Waals surface area contributed by atoms with Gasteiger partial charge >= 0.3 is 0 Å². The number of benzene rings is 3. The van der Waals surface area contributed by atoms with Crippen LogP contribution < -0.4 is 15.0 Å². The van der Waals surface area contributed by atoms with E-state index in [0.717, 1.165) is 22.6 Å². The van der Waals surface area contributed by atoms with Crippen molar-refractivity contribution in [3.63, 3.8) is 0 Å². The molecule has 0 aliphatic carbocycles. The molecule has 4 nitrogen and oxygen atoms in total. The van der Waals surface area contributed by atoms with Gasteiger partial charge < -0.3 is 15.0 Å². The summed E-state index contributed by atoms with van der Waals surface area (Å²) in [6.45, 7) is 3.55. The predicted octanol–water partition coefficient (Wildman–Crippen LogP) is 4.61. The number of ether oxygens (including phenoxy) is 1. The van der Waals surface area contributed by atoms with Gasteiger partial charge in [-0.1, -0.05) is 54.1 Å². The lowest BCUT2D eigenvalue weighted by Crippen LogP contribution is -2.45. The molecule has 3 aromatic carbocycles. The van der Waals surface area contributed by atoms with Crippen LogP contribution in [-0.2, 0) is 17.9 Å². The summed E-state index contributed by atoms with van der Waals surface area (Å²) in [7, 11) is 0. The van der Waals surface area contributed by atoms with E-state index in [1.54, 1.807) is 12.1 Å². The summed E-state index contributed by atoms with van der Waals surface area (Å²) in [6.07, 6.45) is 0.321. The van der Waals surface area contributed by atoms with Crippen molar-refractivity contribution in [2.45, 2.75) is 32.5 Å². The van der Waals surface area contributed by atoms with Crippen LogP contribution in [0.3, 0.4) is 0 Å². The Kier molecular flexibility index (Phi) is 5.98. The maximum atomic E-state index is 13.3. The van der Waals surface area contributed by atoms with Gasteiger partial charge in [-0.15, -0.1) is 0 Å². The highest BCUT2D eigenvalue weighted by molar-refractivity contribution is 5.77. The first-order valence-corrected chi connectivity index (χ1v) is 10.1. The summed E-state index contributed by atoms with van der Waals surface area (Å²) in [5, 5.41) is 3.01. The molecule has 0 aromatic heterocycles. The number of nitrogens with one attached hydrogen (secondary N) is 1. The lowest BCUT2D eigenvalue weighted by molar-refractivity contribution is -0.121.